The minimum absolute atomic E-state index is 0.116. The van der Waals surface area contributed by atoms with Crippen LogP contribution in [0.15, 0.2) is 41.3 Å². The van der Waals surface area contributed by atoms with E-state index in [0.29, 0.717) is 5.69 Å². The average molecular weight is 452 g/mol. The van der Waals surface area contributed by atoms with Gasteiger partial charge in [-0.15, -0.1) is 0 Å². The molecule has 0 aliphatic carbocycles. The van der Waals surface area contributed by atoms with Crippen molar-refractivity contribution in [3.8, 4) is 5.75 Å². The van der Waals surface area contributed by atoms with E-state index in [1.54, 1.807) is 0 Å². The molecule has 0 spiro atoms. The van der Waals surface area contributed by atoms with Crippen molar-refractivity contribution < 1.29 is 22.7 Å². The van der Waals surface area contributed by atoms with E-state index in [1.165, 1.54) is 36.4 Å². The second kappa shape index (κ2) is 8.79. The fourth-order valence-electron chi connectivity index (χ4n) is 1.92. The Balaban J connectivity index is 1.98. The highest BCUT2D eigenvalue weighted by Crippen LogP contribution is 2.33. The van der Waals surface area contributed by atoms with Crippen LogP contribution in [0.3, 0.4) is 0 Å². The molecule has 2 rings (SSSR count). The van der Waals surface area contributed by atoms with Gasteiger partial charge >= 0.3 is 0 Å². The summed E-state index contributed by atoms with van der Waals surface area (Å²) < 4.78 is 30.8. The summed E-state index contributed by atoms with van der Waals surface area (Å²) in [5.74, 6) is -1.02. The number of ether oxygens (including phenoxy) is 1. The summed E-state index contributed by atoms with van der Waals surface area (Å²) in [6.07, 6.45) is 0. The number of sulfonamides is 1. The van der Waals surface area contributed by atoms with Gasteiger partial charge in [-0.1, -0.05) is 34.8 Å². The molecule has 0 radical (unpaired) electrons. The number of amides is 2. The number of hydrogen-bond donors (Lipinski definition) is 2. The van der Waals surface area contributed by atoms with Crippen molar-refractivity contribution in [1.82, 2.24) is 4.72 Å². The second-order valence-corrected chi connectivity index (χ2v) is 8.12. The normalized spacial score (nSPS) is 11.0. The number of hydrogen-bond acceptors (Lipinski definition) is 5. The highest BCUT2D eigenvalue weighted by atomic mass is 35.5. The first-order valence-corrected chi connectivity index (χ1v) is 9.91. The first kappa shape index (κ1) is 21.3. The summed E-state index contributed by atoms with van der Waals surface area (Å²) in [5.41, 5.74) is 0.339. The fourth-order valence-corrected chi connectivity index (χ4v) is 3.50. The number of halogens is 3. The Hall–Kier alpha value is -2.00. The number of benzene rings is 2. The van der Waals surface area contributed by atoms with E-state index in [1.807, 2.05) is 4.72 Å². The highest BCUT2D eigenvalue weighted by Gasteiger charge is 2.15. The van der Waals surface area contributed by atoms with Gasteiger partial charge in [0.1, 0.15) is 5.75 Å². The van der Waals surface area contributed by atoms with Gasteiger partial charge in [0.2, 0.25) is 5.91 Å². The Morgan fingerprint density at radius 3 is 2.19 bits per heavy atom. The van der Waals surface area contributed by atoms with E-state index >= 15 is 0 Å². The molecule has 2 amide bonds. The summed E-state index contributed by atoms with van der Waals surface area (Å²) in [5, 5.41) is 3.21. The second-order valence-electron chi connectivity index (χ2n) is 5.22. The molecule has 7 nitrogen and oxygen atoms in total. The quantitative estimate of drug-likeness (QED) is 0.655. The summed E-state index contributed by atoms with van der Waals surface area (Å²) in [7, 11) is -3.94. The van der Waals surface area contributed by atoms with Gasteiger partial charge in [-0.2, -0.15) is 0 Å². The monoisotopic (exact) mass is 450 g/mol. The molecule has 0 aromatic heterocycles. The van der Waals surface area contributed by atoms with Crippen molar-refractivity contribution in [3.63, 3.8) is 0 Å². The van der Waals surface area contributed by atoms with Crippen molar-refractivity contribution in [2.45, 2.75) is 11.8 Å². The Kier molecular flexibility index (Phi) is 6.94. The zero-order valence-electron chi connectivity index (χ0n) is 13.8. The number of carbonyl (C=O) groups excluding carboxylic acids is 2. The third-order valence-corrected chi connectivity index (χ3v) is 5.53. The third kappa shape index (κ3) is 6.00. The first-order valence-electron chi connectivity index (χ1n) is 7.29. The number of anilines is 1. The van der Waals surface area contributed by atoms with Crippen LogP contribution in [0, 0.1) is 0 Å². The van der Waals surface area contributed by atoms with Crippen LogP contribution in [0.4, 0.5) is 5.69 Å². The molecule has 0 atom stereocenters. The summed E-state index contributed by atoms with van der Waals surface area (Å²) in [6.45, 7) is 0.732. The fraction of sp³-hybridized carbons (Fsp3) is 0.125. The van der Waals surface area contributed by atoms with Gasteiger partial charge in [0.15, 0.2) is 6.61 Å². The van der Waals surface area contributed by atoms with Crippen molar-refractivity contribution in [3.05, 3.63) is 51.5 Å². The van der Waals surface area contributed by atoms with Crippen LogP contribution in [0.2, 0.25) is 15.1 Å². The molecule has 144 valence electrons. The minimum Gasteiger partial charge on any atom is -0.482 e. The van der Waals surface area contributed by atoms with Crippen molar-refractivity contribution >= 4 is 62.3 Å². The zero-order valence-corrected chi connectivity index (χ0v) is 16.8. The molecule has 0 fully saturated rings. The van der Waals surface area contributed by atoms with Crippen LogP contribution < -0.4 is 14.8 Å². The molecule has 0 unspecified atom stereocenters. The third-order valence-electron chi connectivity index (χ3n) is 3.06. The molecular weight excluding hydrogens is 439 g/mol. The van der Waals surface area contributed by atoms with Crippen LogP contribution in [0.5, 0.6) is 5.75 Å². The van der Waals surface area contributed by atoms with Gasteiger partial charge in [0.05, 0.1) is 20.0 Å². The lowest BCUT2D eigenvalue weighted by Crippen LogP contribution is -2.28. The van der Waals surface area contributed by atoms with Gasteiger partial charge in [0, 0.05) is 18.7 Å². The van der Waals surface area contributed by atoms with Gasteiger partial charge in [-0.3, -0.25) is 9.59 Å². The van der Waals surface area contributed by atoms with E-state index in [-0.39, 0.29) is 32.3 Å². The molecule has 2 aromatic carbocycles. The molecule has 0 aliphatic heterocycles. The highest BCUT2D eigenvalue weighted by molar-refractivity contribution is 7.90. The SMILES string of the molecule is CC(=O)NS(=O)(=O)c1ccc(NC(=O)COc2cc(Cl)c(Cl)cc2Cl)cc1. The van der Waals surface area contributed by atoms with Gasteiger partial charge < -0.3 is 10.1 Å². The standard InChI is InChI=1S/C16H13Cl3N2O5S/c1-9(22)21-27(24,25)11-4-2-10(3-5-11)20-16(23)8-26-15-7-13(18)12(17)6-14(15)19/h2-7H,8H2,1H3,(H,20,23)(H,21,22). The maximum absolute atomic E-state index is 12.0. The Labute approximate surface area is 170 Å². The average Bonchev–Trinajstić information content (AvgIpc) is 2.56. The molecule has 2 aromatic rings. The maximum Gasteiger partial charge on any atom is 0.264 e. The molecule has 11 heteroatoms. The predicted octanol–water partition coefficient (Wildman–Crippen LogP) is 3.49. The van der Waals surface area contributed by atoms with Gasteiger partial charge in [-0.05, 0) is 30.3 Å². The van der Waals surface area contributed by atoms with E-state index in [2.05, 4.69) is 5.32 Å². The lowest BCUT2D eigenvalue weighted by molar-refractivity contribution is -0.118. The number of nitrogens with one attached hydrogen (secondary N) is 2. The van der Waals surface area contributed by atoms with Crippen LogP contribution >= 0.6 is 34.8 Å². The summed E-state index contributed by atoms with van der Waals surface area (Å²) in [6, 6.07) is 8.03. The summed E-state index contributed by atoms with van der Waals surface area (Å²) >= 11 is 17.6. The van der Waals surface area contributed by atoms with Crippen LogP contribution in [0.1, 0.15) is 6.92 Å². The van der Waals surface area contributed by atoms with Crippen molar-refractivity contribution in [2.75, 3.05) is 11.9 Å². The number of rotatable bonds is 6. The molecule has 0 saturated heterocycles. The van der Waals surface area contributed by atoms with E-state index in [4.69, 9.17) is 39.5 Å². The Morgan fingerprint density at radius 2 is 1.59 bits per heavy atom. The molecule has 27 heavy (non-hydrogen) atoms. The van der Waals surface area contributed by atoms with Crippen molar-refractivity contribution in [2.24, 2.45) is 0 Å². The maximum atomic E-state index is 12.0. The molecule has 0 saturated carbocycles. The molecule has 0 aliphatic rings. The largest absolute Gasteiger partial charge is 0.482 e. The van der Waals surface area contributed by atoms with Crippen LogP contribution in [0.25, 0.3) is 0 Å². The Bertz CT molecular complexity index is 978. The topological polar surface area (TPSA) is 102 Å². The van der Waals surface area contributed by atoms with E-state index in [0.717, 1.165) is 6.92 Å². The smallest absolute Gasteiger partial charge is 0.264 e. The van der Waals surface area contributed by atoms with E-state index in [9.17, 15) is 18.0 Å². The predicted molar refractivity (Wildman–Crippen MR) is 103 cm³/mol. The molecule has 0 heterocycles. The zero-order chi connectivity index (χ0) is 20.2. The van der Waals surface area contributed by atoms with Crippen molar-refractivity contribution in [1.29, 1.82) is 0 Å². The molecular formula is C16H13Cl3N2O5S. The lowest BCUT2D eigenvalue weighted by Gasteiger charge is -2.10. The van der Waals surface area contributed by atoms with Crippen LogP contribution in [-0.4, -0.2) is 26.8 Å². The minimum atomic E-state index is -3.94. The summed E-state index contributed by atoms with van der Waals surface area (Å²) in [4.78, 5) is 22.8. The Morgan fingerprint density at radius 1 is 1.00 bits per heavy atom. The van der Waals surface area contributed by atoms with E-state index < -0.39 is 21.8 Å². The first-order chi connectivity index (χ1) is 12.6. The lowest BCUT2D eigenvalue weighted by atomic mass is 10.3. The molecule has 2 N–H and O–H groups in total. The number of carbonyl (C=O) groups is 2. The van der Waals surface area contributed by atoms with Crippen LogP contribution in [-0.2, 0) is 19.6 Å². The molecule has 0 bridgehead atoms. The van der Waals surface area contributed by atoms with Gasteiger partial charge in [-0.25, -0.2) is 13.1 Å². The van der Waals surface area contributed by atoms with Gasteiger partial charge in [0.25, 0.3) is 15.9 Å².